The summed E-state index contributed by atoms with van der Waals surface area (Å²) in [5.41, 5.74) is 2.71. The fourth-order valence-corrected chi connectivity index (χ4v) is 1.64. The molecular formula is C12H18N2. The number of anilines is 1. The highest BCUT2D eigenvalue weighted by atomic mass is 15.1. The minimum absolute atomic E-state index is 0.783. The van der Waals surface area contributed by atoms with Crippen LogP contribution in [-0.4, -0.2) is 20.1 Å². The first-order valence-corrected chi connectivity index (χ1v) is 5.26. The third kappa shape index (κ3) is 2.26. The molecule has 2 nitrogen and oxygen atoms in total. The van der Waals surface area contributed by atoms with Gasteiger partial charge in [0.05, 0.1) is 0 Å². The Bertz CT molecular complexity index is 303. The lowest BCUT2D eigenvalue weighted by molar-refractivity contribution is 0.687. The summed E-state index contributed by atoms with van der Waals surface area (Å²) in [5, 5.41) is 3.54. The Morgan fingerprint density at radius 2 is 2.00 bits per heavy atom. The molecule has 0 aliphatic heterocycles. The van der Waals surface area contributed by atoms with E-state index >= 15 is 0 Å². The fourth-order valence-electron chi connectivity index (χ4n) is 1.64. The molecule has 1 aromatic rings. The lowest BCUT2D eigenvalue weighted by Crippen LogP contribution is -2.18. The van der Waals surface area contributed by atoms with Gasteiger partial charge < -0.3 is 10.2 Å². The van der Waals surface area contributed by atoms with Gasteiger partial charge in [0.15, 0.2) is 0 Å². The van der Waals surface area contributed by atoms with Gasteiger partial charge in [-0.1, -0.05) is 18.2 Å². The second-order valence-corrected chi connectivity index (χ2v) is 4.18. The standard InChI is InChI=1S/C12H18N2/c1-14(2)12-6-4-3-5-10(12)9-13-11-7-8-11/h3-6,11,13H,7-9H2,1-2H3. The van der Waals surface area contributed by atoms with Gasteiger partial charge in [-0.2, -0.15) is 0 Å². The number of hydrogen-bond donors (Lipinski definition) is 1. The number of para-hydroxylation sites is 1. The van der Waals surface area contributed by atoms with Gasteiger partial charge in [0, 0.05) is 32.4 Å². The van der Waals surface area contributed by atoms with Crippen LogP contribution in [0.4, 0.5) is 5.69 Å². The second-order valence-electron chi connectivity index (χ2n) is 4.18. The molecule has 0 radical (unpaired) electrons. The summed E-state index contributed by atoms with van der Waals surface area (Å²) in [6.07, 6.45) is 2.70. The van der Waals surface area contributed by atoms with E-state index in [-0.39, 0.29) is 0 Å². The molecule has 0 atom stereocenters. The van der Waals surface area contributed by atoms with Crippen LogP contribution in [0, 0.1) is 0 Å². The molecule has 0 amide bonds. The minimum Gasteiger partial charge on any atom is -0.377 e. The molecule has 1 aliphatic carbocycles. The first kappa shape index (κ1) is 9.53. The SMILES string of the molecule is CN(C)c1ccccc1CNC1CC1. The van der Waals surface area contributed by atoms with Crippen molar-refractivity contribution in [2.24, 2.45) is 0 Å². The van der Waals surface area contributed by atoms with E-state index in [1.165, 1.54) is 24.1 Å². The Hall–Kier alpha value is -1.02. The maximum absolute atomic E-state index is 3.54. The van der Waals surface area contributed by atoms with Crippen LogP contribution >= 0.6 is 0 Å². The topological polar surface area (TPSA) is 15.3 Å². The monoisotopic (exact) mass is 190 g/mol. The number of nitrogens with zero attached hydrogens (tertiary/aromatic N) is 1. The second kappa shape index (κ2) is 4.01. The summed E-state index contributed by atoms with van der Waals surface area (Å²) in [7, 11) is 4.19. The van der Waals surface area contributed by atoms with Crippen LogP contribution in [0.25, 0.3) is 0 Å². The molecule has 0 aromatic heterocycles. The average Bonchev–Trinajstić information content (AvgIpc) is 2.98. The summed E-state index contributed by atoms with van der Waals surface area (Å²) in [6, 6.07) is 9.35. The Kier molecular flexibility index (Phi) is 2.73. The highest BCUT2D eigenvalue weighted by molar-refractivity contribution is 5.52. The van der Waals surface area contributed by atoms with Gasteiger partial charge in [-0.05, 0) is 24.5 Å². The van der Waals surface area contributed by atoms with Gasteiger partial charge in [0.1, 0.15) is 0 Å². The zero-order chi connectivity index (χ0) is 9.97. The fraction of sp³-hybridized carbons (Fsp3) is 0.500. The van der Waals surface area contributed by atoms with Crippen LogP contribution in [0.3, 0.4) is 0 Å². The highest BCUT2D eigenvalue weighted by Crippen LogP contribution is 2.22. The smallest absolute Gasteiger partial charge is 0.0406 e. The Morgan fingerprint density at radius 3 is 2.64 bits per heavy atom. The van der Waals surface area contributed by atoms with E-state index in [4.69, 9.17) is 0 Å². The summed E-state index contributed by atoms with van der Waals surface area (Å²) < 4.78 is 0. The van der Waals surface area contributed by atoms with E-state index in [1.807, 2.05) is 0 Å². The molecule has 14 heavy (non-hydrogen) atoms. The maximum atomic E-state index is 3.54. The van der Waals surface area contributed by atoms with Crippen molar-refractivity contribution in [1.82, 2.24) is 5.32 Å². The van der Waals surface area contributed by atoms with E-state index in [0.717, 1.165) is 12.6 Å². The van der Waals surface area contributed by atoms with Gasteiger partial charge in [-0.15, -0.1) is 0 Å². The van der Waals surface area contributed by atoms with Crippen molar-refractivity contribution in [1.29, 1.82) is 0 Å². The molecule has 1 N–H and O–H groups in total. The number of hydrogen-bond acceptors (Lipinski definition) is 2. The quantitative estimate of drug-likeness (QED) is 0.781. The summed E-state index contributed by atoms with van der Waals surface area (Å²) in [6.45, 7) is 0.999. The Balaban J connectivity index is 2.05. The van der Waals surface area contributed by atoms with Gasteiger partial charge in [-0.3, -0.25) is 0 Å². The molecule has 0 heterocycles. The largest absolute Gasteiger partial charge is 0.377 e. The molecule has 1 fully saturated rings. The van der Waals surface area contributed by atoms with Crippen LogP contribution in [0.5, 0.6) is 0 Å². The van der Waals surface area contributed by atoms with Crippen molar-refractivity contribution in [2.45, 2.75) is 25.4 Å². The van der Waals surface area contributed by atoms with E-state index in [1.54, 1.807) is 0 Å². The first-order chi connectivity index (χ1) is 6.77. The lowest BCUT2D eigenvalue weighted by atomic mass is 10.1. The zero-order valence-electron chi connectivity index (χ0n) is 8.96. The third-order valence-electron chi connectivity index (χ3n) is 2.63. The van der Waals surface area contributed by atoms with Gasteiger partial charge in [-0.25, -0.2) is 0 Å². The Morgan fingerprint density at radius 1 is 1.29 bits per heavy atom. The number of benzene rings is 1. The Labute approximate surface area is 85.9 Å². The van der Waals surface area contributed by atoms with Crippen LogP contribution in [-0.2, 0) is 6.54 Å². The molecule has 1 saturated carbocycles. The zero-order valence-corrected chi connectivity index (χ0v) is 8.96. The van der Waals surface area contributed by atoms with Gasteiger partial charge in [0.2, 0.25) is 0 Å². The summed E-state index contributed by atoms with van der Waals surface area (Å²) in [5.74, 6) is 0. The van der Waals surface area contributed by atoms with Gasteiger partial charge >= 0.3 is 0 Å². The van der Waals surface area contributed by atoms with E-state index < -0.39 is 0 Å². The summed E-state index contributed by atoms with van der Waals surface area (Å²) in [4.78, 5) is 2.17. The summed E-state index contributed by atoms with van der Waals surface area (Å²) >= 11 is 0. The van der Waals surface area contributed by atoms with Crippen molar-refractivity contribution in [3.05, 3.63) is 29.8 Å². The van der Waals surface area contributed by atoms with Crippen LogP contribution in [0.1, 0.15) is 18.4 Å². The highest BCUT2D eigenvalue weighted by Gasteiger charge is 2.20. The predicted molar refractivity (Wildman–Crippen MR) is 60.6 cm³/mol. The van der Waals surface area contributed by atoms with Gasteiger partial charge in [0.25, 0.3) is 0 Å². The molecular weight excluding hydrogens is 172 g/mol. The van der Waals surface area contributed by atoms with Crippen LogP contribution < -0.4 is 10.2 Å². The van der Waals surface area contributed by atoms with E-state index in [9.17, 15) is 0 Å². The molecule has 0 saturated heterocycles. The molecule has 1 aliphatic rings. The lowest BCUT2D eigenvalue weighted by Gasteiger charge is -2.17. The molecule has 2 heteroatoms. The molecule has 0 spiro atoms. The number of nitrogens with one attached hydrogen (secondary N) is 1. The molecule has 1 aromatic carbocycles. The molecule has 0 bridgehead atoms. The maximum Gasteiger partial charge on any atom is 0.0406 e. The molecule has 2 rings (SSSR count). The van der Waals surface area contributed by atoms with Crippen molar-refractivity contribution < 1.29 is 0 Å². The first-order valence-electron chi connectivity index (χ1n) is 5.26. The van der Waals surface area contributed by atoms with Crippen LogP contribution in [0.15, 0.2) is 24.3 Å². The molecule has 76 valence electrons. The average molecular weight is 190 g/mol. The normalized spacial score (nSPS) is 15.6. The third-order valence-corrected chi connectivity index (χ3v) is 2.63. The van der Waals surface area contributed by atoms with Crippen LogP contribution in [0.2, 0.25) is 0 Å². The van der Waals surface area contributed by atoms with Crippen molar-refractivity contribution in [3.63, 3.8) is 0 Å². The van der Waals surface area contributed by atoms with Crippen molar-refractivity contribution in [2.75, 3.05) is 19.0 Å². The molecule has 0 unspecified atom stereocenters. The number of rotatable bonds is 4. The van der Waals surface area contributed by atoms with Crippen molar-refractivity contribution in [3.8, 4) is 0 Å². The minimum atomic E-state index is 0.783. The van der Waals surface area contributed by atoms with Crippen molar-refractivity contribution >= 4 is 5.69 Å². The van der Waals surface area contributed by atoms with E-state index in [2.05, 4.69) is 48.6 Å². The predicted octanol–water partition coefficient (Wildman–Crippen LogP) is 2.00. The van der Waals surface area contributed by atoms with E-state index in [0.29, 0.717) is 0 Å².